The summed E-state index contributed by atoms with van der Waals surface area (Å²) in [6.07, 6.45) is 0.795. The first-order chi connectivity index (χ1) is 13.7. The van der Waals surface area contributed by atoms with E-state index in [-0.39, 0.29) is 18.5 Å². The molecule has 0 bridgehead atoms. The van der Waals surface area contributed by atoms with Crippen molar-refractivity contribution in [2.24, 2.45) is 0 Å². The van der Waals surface area contributed by atoms with Crippen molar-refractivity contribution in [3.05, 3.63) is 83.7 Å². The highest BCUT2D eigenvalue weighted by Gasteiger charge is 2.16. The van der Waals surface area contributed by atoms with Crippen LogP contribution in [0, 0.1) is 5.82 Å². The summed E-state index contributed by atoms with van der Waals surface area (Å²) in [5, 5.41) is 6.18. The van der Waals surface area contributed by atoms with Crippen molar-refractivity contribution in [3.63, 3.8) is 0 Å². The number of hydrogen-bond acceptors (Lipinski definition) is 4. The van der Waals surface area contributed by atoms with Crippen LogP contribution < -0.4 is 20.1 Å². The third-order valence-electron chi connectivity index (χ3n) is 4.43. The molecule has 1 aliphatic rings. The lowest BCUT2D eigenvalue weighted by Gasteiger charge is -2.09. The van der Waals surface area contributed by atoms with Gasteiger partial charge in [-0.1, -0.05) is 12.1 Å². The van der Waals surface area contributed by atoms with Crippen molar-refractivity contribution in [1.29, 1.82) is 0 Å². The molecule has 6 heteroatoms. The molecule has 0 atom stereocenters. The molecule has 4 rings (SSSR count). The maximum atomic E-state index is 12.9. The van der Waals surface area contributed by atoms with E-state index in [1.165, 1.54) is 12.1 Å². The van der Waals surface area contributed by atoms with E-state index in [9.17, 15) is 9.18 Å². The maximum Gasteiger partial charge on any atom is 0.255 e. The quantitative estimate of drug-likeness (QED) is 0.665. The molecule has 0 saturated carbocycles. The largest absolute Gasteiger partial charge is 0.454 e. The summed E-state index contributed by atoms with van der Waals surface area (Å²) in [5.74, 6) is 0.784. The minimum atomic E-state index is -0.227. The van der Waals surface area contributed by atoms with E-state index in [1.54, 1.807) is 30.3 Å². The zero-order valence-corrected chi connectivity index (χ0v) is 15.1. The monoisotopic (exact) mass is 378 g/mol. The number of anilines is 2. The summed E-state index contributed by atoms with van der Waals surface area (Å²) in [6, 6.07) is 19.1. The van der Waals surface area contributed by atoms with Gasteiger partial charge in [0.1, 0.15) is 5.82 Å². The molecule has 0 radical (unpaired) electrons. The van der Waals surface area contributed by atoms with E-state index >= 15 is 0 Å². The fraction of sp³-hybridized carbons (Fsp3) is 0.136. The van der Waals surface area contributed by atoms with E-state index in [4.69, 9.17) is 9.47 Å². The molecule has 142 valence electrons. The Morgan fingerprint density at radius 2 is 1.61 bits per heavy atom. The van der Waals surface area contributed by atoms with Gasteiger partial charge in [0, 0.05) is 23.5 Å². The minimum Gasteiger partial charge on any atom is -0.454 e. The Morgan fingerprint density at radius 1 is 0.893 bits per heavy atom. The van der Waals surface area contributed by atoms with Gasteiger partial charge < -0.3 is 20.1 Å². The van der Waals surface area contributed by atoms with Crippen LogP contribution in [-0.4, -0.2) is 19.2 Å². The first-order valence-corrected chi connectivity index (χ1v) is 8.97. The smallest absolute Gasteiger partial charge is 0.255 e. The van der Waals surface area contributed by atoms with Gasteiger partial charge in [0.15, 0.2) is 11.5 Å². The predicted molar refractivity (Wildman–Crippen MR) is 106 cm³/mol. The Balaban J connectivity index is 1.30. The van der Waals surface area contributed by atoms with Crippen molar-refractivity contribution < 1.29 is 18.7 Å². The third-order valence-corrected chi connectivity index (χ3v) is 4.43. The molecule has 28 heavy (non-hydrogen) atoms. The van der Waals surface area contributed by atoms with Gasteiger partial charge in [-0.25, -0.2) is 4.39 Å². The van der Waals surface area contributed by atoms with Gasteiger partial charge in [-0.05, 0) is 66.6 Å². The number of amides is 1. The van der Waals surface area contributed by atoms with E-state index in [0.717, 1.165) is 24.2 Å². The number of hydrogen-bond donors (Lipinski definition) is 2. The van der Waals surface area contributed by atoms with Crippen molar-refractivity contribution in [2.75, 3.05) is 24.0 Å². The van der Waals surface area contributed by atoms with Gasteiger partial charge in [-0.15, -0.1) is 0 Å². The fourth-order valence-corrected chi connectivity index (χ4v) is 2.91. The van der Waals surface area contributed by atoms with Crippen LogP contribution in [0.3, 0.4) is 0 Å². The molecular weight excluding hydrogens is 359 g/mol. The van der Waals surface area contributed by atoms with Crippen LogP contribution in [-0.2, 0) is 6.42 Å². The molecule has 0 aliphatic carbocycles. The number of halogens is 1. The molecule has 1 amide bonds. The van der Waals surface area contributed by atoms with E-state index in [1.807, 2.05) is 24.3 Å². The molecule has 3 aromatic rings. The molecule has 1 heterocycles. The fourth-order valence-electron chi connectivity index (χ4n) is 2.91. The molecular formula is C22H19FN2O3. The molecule has 0 fully saturated rings. The lowest BCUT2D eigenvalue weighted by atomic mass is 10.1. The second-order valence-corrected chi connectivity index (χ2v) is 6.40. The topological polar surface area (TPSA) is 59.6 Å². The number of nitrogens with one attached hydrogen (secondary N) is 2. The average Bonchev–Trinajstić information content (AvgIpc) is 3.18. The summed E-state index contributed by atoms with van der Waals surface area (Å²) >= 11 is 0. The molecule has 1 aliphatic heterocycles. The van der Waals surface area contributed by atoms with Gasteiger partial charge in [-0.2, -0.15) is 0 Å². The molecule has 0 saturated heterocycles. The van der Waals surface area contributed by atoms with E-state index in [0.29, 0.717) is 22.7 Å². The zero-order chi connectivity index (χ0) is 19.3. The Bertz CT molecular complexity index is 972. The molecule has 2 N–H and O–H groups in total. The highest BCUT2D eigenvalue weighted by Crippen LogP contribution is 2.32. The summed E-state index contributed by atoms with van der Waals surface area (Å²) in [4.78, 5) is 12.4. The Morgan fingerprint density at radius 3 is 2.39 bits per heavy atom. The van der Waals surface area contributed by atoms with Gasteiger partial charge in [0.25, 0.3) is 5.91 Å². The standard InChI is InChI=1S/C22H19FN2O3/c23-17-4-1-15(2-5-17)11-12-24-18-6-8-19(9-7-18)25-22(26)16-3-10-20-21(13-16)28-14-27-20/h1-10,13,24H,11-12,14H2,(H,25,26). The van der Waals surface area contributed by atoms with Crippen LogP contribution in [0.25, 0.3) is 0 Å². The Labute approximate surface area is 162 Å². The van der Waals surface area contributed by atoms with Crippen molar-refractivity contribution in [1.82, 2.24) is 0 Å². The van der Waals surface area contributed by atoms with Crippen LogP contribution in [0.5, 0.6) is 11.5 Å². The summed E-state index contributed by atoms with van der Waals surface area (Å²) in [5.41, 5.74) is 3.22. The number of carbonyl (C=O) groups is 1. The number of ether oxygens (including phenoxy) is 2. The molecule has 0 aromatic heterocycles. The number of fused-ring (bicyclic) bond motifs is 1. The Kier molecular flexibility index (Phi) is 5.10. The first kappa shape index (κ1) is 17.9. The van der Waals surface area contributed by atoms with Crippen LogP contribution in [0.2, 0.25) is 0 Å². The number of rotatable bonds is 6. The third kappa shape index (κ3) is 4.23. The van der Waals surface area contributed by atoms with Crippen molar-refractivity contribution in [2.45, 2.75) is 6.42 Å². The second-order valence-electron chi connectivity index (χ2n) is 6.40. The molecule has 5 nitrogen and oxygen atoms in total. The van der Waals surface area contributed by atoms with Crippen molar-refractivity contribution in [3.8, 4) is 11.5 Å². The van der Waals surface area contributed by atoms with Gasteiger partial charge in [0.2, 0.25) is 6.79 Å². The lowest BCUT2D eigenvalue weighted by Crippen LogP contribution is -2.12. The maximum absolute atomic E-state index is 12.9. The predicted octanol–water partition coefficient (Wildman–Crippen LogP) is 4.46. The minimum absolute atomic E-state index is 0.177. The highest BCUT2D eigenvalue weighted by molar-refractivity contribution is 6.04. The Hall–Kier alpha value is -3.54. The van der Waals surface area contributed by atoms with Gasteiger partial charge in [0.05, 0.1) is 0 Å². The van der Waals surface area contributed by atoms with Crippen LogP contribution in [0.1, 0.15) is 15.9 Å². The van der Waals surface area contributed by atoms with E-state index in [2.05, 4.69) is 10.6 Å². The highest BCUT2D eigenvalue weighted by atomic mass is 19.1. The molecule has 0 spiro atoms. The summed E-state index contributed by atoms with van der Waals surface area (Å²) in [6.45, 7) is 0.907. The molecule has 3 aromatic carbocycles. The summed E-state index contributed by atoms with van der Waals surface area (Å²) in [7, 11) is 0. The normalized spacial score (nSPS) is 11.9. The SMILES string of the molecule is O=C(Nc1ccc(NCCc2ccc(F)cc2)cc1)c1ccc2c(c1)OCO2. The zero-order valence-electron chi connectivity index (χ0n) is 15.1. The average molecular weight is 378 g/mol. The van der Waals surface area contributed by atoms with Gasteiger partial charge >= 0.3 is 0 Å². The number of carbonyl (C=O) groups excluding carboxylic acids is 1. The van der Waals surface area contributed by atoms with Crippen LogP contribution in [0.15, 0.2) is 66.7 Å². The second kappa shape index (κ2) is 8.00. The number of benzene rings is 3. The van der Waals surface area contributed by atoms with Crippen molar-refractivity contribution >= 4 is 17.3 Å². The lowest BCUT2D eigenvalue weighted by molar-refractivity contribution is 0.102. The van der Waals surface area contributed by atoms with Crippen LogP contribution in [0.4, 0.5) is 15.8 Å². The van der Waals surface area contributed by atoms with E-state index < -0.39 is 0 Å². The van der Waals surface area contributed by atoms with Gasteiger partial charge in [-0.3, -0.25) is 4.79 Å². The summed E-state index contributed by atoms with van der Waals surface area (Å²) < 4.78 is 23.5. The van der Waals surface area contributed by atoms with Crippen LogP contribution >= 0.6 is 0 Å². The molecule has 0 unspecified atom stereocenters. The first-order valence-electron chi connectivity index (χ1n) is 8.97.